The maximum absolute atomic E-state index is 4.60. The SMILES string of the molecule is CNC(C)c1cnc(C2CCCCN2C)s1. The zero-order valence-corrected chi connectivity index (χ0v) is 11.2. The molecule has 90 valence electrons. The van der Waals surface area contributed by atoms with E-state index in [0.29, 0.717) is 12.1 Å². The van der Waals surface area contributed by atoms with E-state index in [2.05, 4.69) is 29.2 Å². The van der Waals surface area contributed by atoms with Crippen LogP contribution in [0.25, 0.3) is 0 Å². The average molecular weight is 239 g/mol. The summed E-state index contributed by atoms with van der Waals surface area (Å²) in [6.07, 6.45) is 5.96. The van der Waals surface area contributed by atoms with Crippen molar-refractivity contribution in [1.82, 2.24) is 15.2 Å². The second kappa shape index (κ2) is 5.25. The third-order valence-corrected chi connectivity index (χ3v) is 4.74. The molecule has 2 unspecified atom stereocenters. The van der Waals surface area contributed by atoms with Gasteiger partial charge in [-0.1, -0.05) is 6.42 Å². The quantitative estimate of drug-likeness (QED) is 0.878. The first-order valence-electron chi connectivity index (χ1n) is 6.05. The number of likely N-dealkylation sites (tertiary alicyclic amines) is 1. The largest absolute Gasteiger partial charge is 0.312 e. The first-order chi connectivity index (χ1) is 7.72. The van der Waals surface area contributed by atoms with Gasteiger partial charge < -0.3 is 5.32 Å². The molecule has 3 nitrogen and oxygen atoms in total. The van der Waals surface area contributed by atoms with Crippen LogP contribution in [0.15, 0.2) is 6.20 Å². The molecule has 1 N–H and O–H groups in total. The van der Waals surface area contributed by atoms with Crippen molar-refractivity contribution in [2.45, 2.75) is 38.3 Å². The third kappa shape index (κ3) is 2.44. The third-order valence-electron chi connectivity index (χ3n) is 3.46. The van der Waals surface area contributed by atoms with E-state index in [1.807, 2.05) is 24.6 Å². The molecular formula is C12H21N3S. The van der Waals surface area contributed by atoms with Gasteiger partial charge in [-0.15, -0.1) is 11.3 Å². The van der Waals surface area contributed by atoms with E-state index in [0.717, 1.165) is 0 Å². The number of thiazole rings is 1. The lowest BCUT2D eigenvalue weighted by Gasteiger charge is -2.30. The van der Waals surface area contributed by atoms with Crippen LogP contribution >= 0.6 is 11.3 Å². The first kappa shape index (κ1) is 12.0. The number of nitrogens with zero attached hydrogens (tertiary/aromatic N) is 2. The molecule has 0 aliphatic carbocycles. The molecule has 1 aliphatic heterocycles. The normalized spacial score (nSPS) is 24.6. The predicted molar refractivity (Wildman–Crippen MR) is 68.8 cm³/mol. The second-order valence-corrected chi connectivity index (χ2v) is 5.70. The van der Waals surface area contributed by atoms with Gasteiger partial charge in [-0.25, -0.2) is 4.98 Å². The maximum Gasteiger partial charge on any atom is 0.110 e. The van der Waals surface area contributed by atoms with Crippen molar-refractivity contribution in [3.8, 4) is 0 Å². The van der Waals surface area contributed by atoms with Gasteiger partial charge in [-0.3, -0.25) is 4.90 Å². The second-order valence-electron chi connectivity index (χ2n) is 4.60. The van der Waals surface area contributed by atoms with E-state index in [1.165, 1.54) is 35.7 Å². The minimum Gasteiger partial charge on any atom is -0.312 e. The first-order valence-corrected chi connectivity index (χ1v) is 6.87. The molecule has 16 heavy (non-hydrogen) atoms. The molecule has 1 fully saturated rings. The molecule has 2 heterocycles. The molecule has 2 rings (SSSR count). The molecule has 0 spiro atoms. The topological polar surface area (TPSA) is 28.2 Å². The molecule has 1 aliphatic rings. The van der Waals surface area contributed by atoms with Crippen LogP contribution in [0.2, 0.25) is 0 Å². The molecule has 1 aromatic rings. The highest BCUT2D eigenvalue weighted by Crippen LogP contribution is 2.33. The molecule has 0 aromatic carbocycles. The molecule has 0 radical (unpaired) electrons. The van der Waals surface area contributed by atoms with E-state index in [4.69, 9.17) is 0 Å². The summed E-state index contributed by atoms with van der Waals surface area (Å²) in [5.41, 5.74) is 0. The molecule has 0 bridgehead atoms. The van der Waals surface area contributed by atoms with Gasteiger partial charge in [-0.05, 0) is 40.4 Å². The van der Waals surface area contributed by atoms with Crippen LogP contribution in [0.3, 0.4) is 0 Å². The van der Waals surface area contributed by atoms with Gasteiger partial charge in [0, 0.05) is 17.1 Å². The molecule has 0 saturated carbocycles. The number of nitrogens with one attached hydrogen (secondary N) is 1. The lowest BCUT2D eigenvalue weighted by Crippen LogP contribution is -2.29. The zero-order chi connectivity index (χ0) is 11.5. The number of rotatable bonds is 3. The standard InChI is InChI=1S/C12H21N3S/c1-9(13-2)11-8-14-12(16-11)10-6-4-5-7-15(10)3/h8-10,13H,4-7H2,1-3H3. The van der Waals surface area contributed by atoms with Gasteiger partial charge in [0.2, 0.25) is 0 Å². The predicted octanol–water partition coefficient (Wildman–Crippen LogP) is 2.58. The van der Waals surface area contributed by atoms with Crippen LogP contribution in [-0.4, -0.2) is 30.5 Å². The highest BCUT2D eigenvalue weighted by atomic mass is 32.1. The average Bonchev–Trinajstić information content (AvgIpc) is 2.78. The Labute approximate surface area is 102 Å². The lowest BCUT2D eigenvalue weighted by atomic mass is 10.0. The Morgan fingerprint density at radius 3 is 3.06 bits per heavy atom. The van der Waals surface area contributed by atoms with Crippen LogP contribution in [0.4, 0.5) is 0 Å². The minimum atomic E-state index is 0.417. The van der Waals surface area contributed by atoms with E-state index in [1.54, 1.807) is 0 Å². The fourth-order valence-electron chi connectivity index (χ4n) is 2.18. The molecule has 4 heteroatoms. The Morgan fingerprint density at radius 1 is 1.56 bits per heavy atom. The number of hydrogen-bond donors (Lipinski definition) is 1. The molecule has 2 atom stereocenters. The Morgan fingerprint density at radius 2 is 2.38 bits per heavy atom. The number of hydrogen-bond acceptors (Lipinski definition) is 4. The van der Waals surface area contributed by atoms with Crippen LogP contribution in [-0.2, 0) is 0 Å². The zero-order valence-electron chi connectivity index (χ0n) is 10.4. The van der Waals surface area contributed by atoms with E-state index in [-0.39, 0.29) is 0 Å². The van der Waals surface area contributed by atoms with Gasteiger partial charge in [0.25, 0.3) is 0 Å². The Kier molecular flexibility index (Phi) is 3.95. The highest BCUT2D eigenvalue weighted by Gasteiger charge is 2.23. The van der Waals surface area contributed by atoms with Crippen LogP contribution in [0.1, 0.15) is 48.2 Å². The summed E-state index contributed by atoms with van der Waals surface area (Å²) >= 11 is 1.86. The molecule has 0 amide bonds. The minimum absolute atomic E-state index is 0.417. The smallest absolute Gasteiger partial charge is 0.110 e. The van der Waals surface area contributed by atoms with E-state index >= 15 is 0 Å². The van der Waals surface area contributed by atoms with Gasteiger partial charge in [0.05, 0.1) is 6.04 Å². The van der Waals surface area contributed by atoms with Crippen molar-refractivity contribution in [3.05, 3.63) is 16.1 Å². The van der Waals surface area contributed by atoms with Gasteiger partial charge in [0.15, 0.2) is 0 Å². The summed E-state index contributed by atoms with van der Waals surface area (Å²) in [6.45, 7) is 3.39. The monoisotopic (exact) mass is 239 g/mol. The van der Waals surface area contributed by atoms with Crippen LogP contribution in [0, 0.1) is 0 Å². The van der Waals surface area contributed by atoms with Crippen LogP contribution < -0.4 is 5.32 Å². The van der Waals surface area contributed by atoms with Crippen molar-refractivity contribution in [1.29, 1.82) is 0 Å². The molecule has 1 aromatic heterocycles. The summed E-state index contributed by atoms with van der Waals surface area (Å²) in [7, 11) is 4.21. The lowest BCUT2D eigenvalue weighted by molar-refractivity contribution is 0.187. The van der Waals surface area contributed by atoms with Crippen molar-refractivity contribution < 1.29 is 0 Å². The van der Waals surface area contributed by atoms with Crippen molar-refractivity contribution in [3.63, 3.8) is 0 Å². The molecule has 1 saturated heterocycles. The summed E-state index contributed by atoms with van der Waals surface area (Å²) in [6, 6.07) is 0.969. The van der Waals surface area contributed by atoms with Crippen molar-refractivity contribution in [2.75, 3.05) is 20.6 Å². The summed E-state index contributed by atoms with van der Waals surface area (Å²) < 4.78 is 0. The summed E-state index contributed by atoms with van der Waals surface area (Å²) in [5, 5.41) is 4.56. The fraction of sp³-hybridized carbons (Fsp3) is 0.750. The van der Waals surface area contributed by atoms with Gasteiger partial charge >= 0.3 is 0 Å². The summed E-state index contributed by atoms with van der Waals surface area (Å²) in [4.78, 5) is 8.38. The number of piperidine rings is 1. The molecular weight excluding hydrogens is 218 g/mol. The Bertz CT molecular complexity index is 337. The maximum atomic E-state index is 4.60. The van der Waals surface area contributed by atoms with E-state index < -0.39 is 0 Å². The summed E-state index contributed by atoms with van der Waals surface area (Å²) in [5.74, 6) is 0. The van der Waals surface area contributed by atoms with Gasteiger partial charge in [0.1, 0.15) is 5.01 Å². The Hall–Kier alpha value is -0.450. The van der Waals surface area contributed by atoms with E-state index in [9.17, 15) is 0 Å². The van der Waals surface area contributed by atoms with Crippen molar-refractivity contribution in [2.24, 2.45) is 0 Å². The number of aromatic nitrogens is 1. The van der Waals surface area contributed by atoms with Crippen LogP contribution in [0.5, 0.6) is 0 Å². The fourth-order valence-corrected chi connectivity index (χ4v) is 3.37. The van der Waals surface area contributed by atoms with Gasteiger partial charge in [-0.2, -0.15) is 0 Å². The van der Waals surface area contributed by atoms with Crippen molar-refractivity contribution >= 4 is 11.3 Å². The highest BCUT2D eigenvalue weighted by molar-refractivity contribution is 7.11. The Balaban J connectivity index is 2.11.